The first-order chi connectivity index (χ1) is 7.66. The first-order valence-electron chi connectivity index (χ1n) is 5.30. The summed E-state index contributed by atoms with van der Waals surface area (Å²) in [5.41, 5.74) is 6.72. The van der Waals surface area contributed by atoms with E-state index in [1.54, 1.807) is 12.1 Å². The Bertz CT molecular complexity index is 506. The molecule has 1 atom stereocenters. The van der Waals surface area contributed by atoms with E-state index in [0.29, 0.717) is 21.5 Å². The molecule has 0 amide bonds. The third-order valence-corrected chi connectivity index (χ3v) is 3.69. The third kappa shape index (κ3) is 1.61. The third-order valence-electron chi connectivity index (χ3n) is 3.06. The van der Waals surface area contributed by atoms with Gasteiger partial charge in [0.1, 0.15) is 5.76 Å². The Morgan fingerprint density at radius 3 is 2.56 bits per heavy atom. The normalized spacial score (nSPS) is 17.9. The number of benzene rings is 1. The Hall–Kier alpha value is -0.700. The summed E-state index contributed by atoms with van der Waals surface area (Å²) in [4.78, 5) is 0. The summed E-state index contributed by atoms with van der Waals surface area (Å²) < 4.78 is 5.70. The van der Waals surface area contributed by atoms with E-state index in [1.807, 2.05) is 6.07 Å². The van der Waals surface area contributed by atoms with Crippen LogP contribution < -0.4 is 5.73 Å². The molecule has 1 aliphatic carbocycles. The van der Waals surface area contributed by atoms with E-state index in [0.717, 1.165) is 11.1 Å². The van der Waals surface area contributed by atoms with Gasteiger partial charge >= 0.3 is 0 Å². The Morgan fingerprint density at radius 2 is 1.94 bits per heavy atom. The number of fused-ring (bicyclic) bond motifs is 1. The maximum absolute atomic E-state index is 6.08. The number of furan rings is 1. The maximum atomic E-state index is 6.08. The Kier molecular flexibility index (Phi) is 2.39. The lowest BCUT2D eigenvalue weighted by Crippen LogP contribution is -2.10. The van der Waals surface area contributed by atoms with Crippen molar-refractivity contribution in [1.82, 2.24) is 0 Å². The van der Waals surface area contributed by atoms with Crippen molar-refractivity contribution < 1.29 is 4.42 Å². The maximum Gasteiger partial charge on any atom is 0.154 e. The summed E-state index contributed by atoms with van der Waals surface area (Å²) >= 11 is 12.1. The summed E-state index contributed by atoms with van der Waals surface area (Å²) in [6.07, 6.45) is 2.36. The highest BCUT2D eigenvalue weighted by Gasteiger charge is 2.32. The van der Waals surface area contributed by atoms with Gasteiger partial charge in [-0.2, -0.15) is 0 Å². The van der Waals surface area contributed by atoms with Crippen LogP contribution in [0.15, 0.2) is 22.6 Å². The Balaban J connectivity index is 2.14. The predicted molar refractivity (Wildman–Crippen MR) is 65.9 cm³/mol. The van der Waals surface area contributed by atoms with Crippen LogP contribution in [0.2, 0.25) is 10.0 Å². The van der Waals surface area contributed by atoms with Crippen LogP contribution in [0.4, 0.5) is 0 Å². The molecule has 0 spiro atoms. The molecule has 1 saturated carbocycles. The van der Waals surface area contributed by atoms with Gasteiger partial charge in [-0.3, -0.25) is 0 Å². The van der Waals surface area contributed by atoms with Crippen molar-refractivity contribution in [2.75, 3.05) is 0 Å². The molecule has 1 fully saturated rings. The second kappa shape index (κ2) is 3.66. The van der Waals surface area contributed by atoms with Crippen molar-refractivity contribution in [2.24, 2.45) is 11.7 Å². The van der Waals surface area contributed by atoms with Crippen molar-refractivity contribution in [2.45, 2.75) is 18.9 Å². The number of hydrogen-bond donors (Lipinski definition) is 1. The highest BCUT2D eigenvalue weighted by Crippen LogP contribution is 2.42. The molecule has 2 nitrogen and oxygen atoms in total. The lowest BCUT2D eigenvalue weighted by atomic mass is 10.1. The zero-order valence-corrected chi connectivity index (χ0v) is 10.1. The molecule has 1 aromatic carbocycles. The SMILES string of the molecule is NC(c1cc2c(Cl)ccc(Cl)c2o1)C1CC1. The zero-order chi connectivity index (χ0) is 11.3. The summed E-state index contributed by atoms with van der Waals surface area (Å²) in [6, 6.07) is 5.39. The molecule has 0 saturated heterocycles. The first-order valence-corrected chi connectivity index (χ1v) is 6.05. The summed E-state index contributed by atoms with van der Waals surface area (Å²) in [6.45, 7) is 0. The van der Waals surface area contributed by atoms with Gasteiger partial charge in [0, 0.05) is 5.39 Å². The summed E-state index contributed by atoms with van der Waals surface area (Å²) in [7, 11) is 0. The molecule has 1 aliphatic rings. The standard InChI is InChI=1S/C12H11Cl2NO/c13-8-3-4-9(14)12-7(8)5-10(16-12)11(15)6-1-2-6/h3-6,11H,1-2,15H2. The van der Waals surface area contributed by atoms with Crippen LogP contribution in [0.25, 0.3) is 11.0 Å². The molecule has 3 rings (SSSR count). The fourth-order valence-corrected chi connectivity index (χ4v) is 2.34. The minimum absolute atomic E-state index is 0.0282. The van der Waals surface area contributed by atoms with Crippen molar-refractivity contribution in [3.8, 4) is 0 Å². The quantitative estimate of drug-likeness (QED) is 0.876. The fraction of sp³-hybridized carbons (Fsp3) is 0.333. The minimum atomic E-state index is -0.0282. The van der Waals surface area contributed by atoms with Crippen LogP contribution in [0.1, 0.15) is 24.6 Å². The second-order valence-corrected chi connectivity index (χ2v) is 5.10. The number of nitrogens with two attached hydrogens (primary N) is 1. The van der Waals surface area contributed by atoms with E-state index in [-0.39, 0.29) is 6.04 Å². The van der Waals surface area contributed by atoms with Gasteiger partial charge in [0.15, 0.2) is 5.58 Å². The van der Waals surface area contributed by atoms with Crippen molar-refractivity contribution in [3.05, 3.63) is 34.0 Å². The topological polar surface area (TPSA) is 39.2 Å². The van der Waals surface area contributed by atoms with E-state index in [1.165, 1.54) is 12.8 Å². The molecule has 1 unspecified atom stereocenters. The second-order valence-electron chi connectivity index (χ2n) is 4.28. The van der Waals surface area contributed by atoms with E-state index < -0.39 is 0 Å². The van der Waals surface area contributed by atoms with Crippen molar-refractivity contribution in [1.29, 1.82) is 0 Å². The molecule has 0 aliphatic heterocycles. The molecule has 0 bridgehead atoms. The van der Waals surface area contributed by atoms with E-state index >= 15 is 0 Å². The molecule has 2 aromatic rings. The molecule has 2 N–H and O–H groups in total. The lowest BCUT2D eigenvalue weighted by molar-refractivity contribution is 0.467. The summed E-state index contributed by atoms with van der Waals surface area (Å²) in [5.74, 6) is 1.34. The first kappa shape index (κ1) is 10.5. The molecule has 4 heteroatoms. The highest BCUT2D eigenvalue weighted by molar-refractivity contribution is 6.39. The van der Waals surface area contributed by atoms with E-state index in [4.69, 9.17) is 33.4 Å². The van der Waals surface area contributed by atoms with Crippen LogP contribution >= 0.6 is 23.2 Å². The monoisotopic (exact) mass is 255 g/mol. The number of rotatable bonds is 2. The van der Waals surface area contributed by atoms with Gasteiger partial charge in [-0.05, 0) is 37.0 Å². The van der Waals surface area contributed by atoms with Crippen LogP contribution in [-0.2, 0) is 0 Å². The summed E-state index contributed by atoms with van der Waals surface area (Å²) in [5, 5.41) is 2.08. The Labute approximate surface area is 103 Å². The van der Waals surface area contributed by atoms with Gasteiger partial charge in [-0.15, -0.1) is 0 Å². The number of halogens is 2. The van der Waals surface area contributed by atoms with Gasteiger partial charge in [0.25, 0.3) is 0 Å². The van der Waals surface area contributed by atoms with Crippen molar-refractivity contribution in [3.63, 3.8) is 0 Å². The van der Waals surface area contributed by atoms with Gasteiger partial charge in [-0.25, -0.2) is 0 Å². The lowest BCUT2D eigenvalue weighted by Gasteiger charge is -2.04. The van der Waals surface area contributed by atoms with Gasteiger partial charge in [-0.1, -0.05) is 23.2 Å². The van der Waals surface area contributed by atoms with Crippen LogP contribution in [0.5, 0.6) is 0 Å². The van der Waals surface area contributed by atoms with E-state index in [2.05, 4.69) is 0 Å². The largest absolute Gasteiger partial charge is 0.458 e. The fourth-order valence-electron chi connectivity index (χ4n) is 1.93. The average molecular weight is 256 g/mol. The average Bonchev–Trinajstić information content (AvgIpc) is 3.01. The van der Waals surface area contributed by atoms with Crippen LogP contribution in [0, 0.1) is 5.92 Å². The molecule has 84 valence electrons. The highest BCUT2D eigenvalue weighted by atomic mass is 35.5. The molecular weight excluding hydrogens is 245 g/mol. The van der Waals surface area contributed by atoms with Gasteiger partial charge in [0.2, 0.25) is 0 Å². The molecule has 1 heterocycles. The Morgan fingerprint density at radius 1 is 1.25 bits per heavy atom. The molecule has 0 radical (unpaired) electrons. The van der Waals surface area contributed by atoms with Gasteiger partial charge < -0.3 is 10.2 Å². The van der Waals surface area contributed by atoms with E-state index in [9.17, 15) is 0 Å². The smallest absolute Gasteiger partial charge is 0.154 e. The molecule has 1 aromatic heterocycles. The minimum Gasteiger partial charge on any atom is -0.458 e. The number of hydrogen-bond acceptors (Lipinski definition) is 2. The van der Waals surface area contributed by atoms with Crippen LogP contribution in [0.3, 0.4) is 0 Å². The predicted octanol–water partition coefficient (Wildman–Crippen LogP) is 4.15. The van der Waals surface area contributed by atoms with Crippen LogP contribution in [-0.4, -0.2) is 0 Å². The van der Waals surface area contributed by atoms with Crippen molar-refractivity contribution >= 4 is 34.2 Å². The molecule has 16 heavy (non-hydrogen) atoms. The van der Waals surface area contributed by atoms with Gasteiger partial charge in [0.05, 0.1) is 16.1 Å². The molecular formula is C12H11Cl2NO. The zero-order valence-electron chi connectivity index (χ0n) is 8.54.